The van der Waals surface area contributed by atoms with Crippen molar-refractivity contribution in [2.24, 2.45) is 0 Å². The molecule has 0 aliphatic heterocycles. The highest BCUT2D eigenvalue weighted by Gasteiger charge is 2.08. The third kappa shape index (κ3) is 4.88. The minimum absolute atomic E-state index is 0.303. The summed E-state index contributed by atoms with van der Waals surface area (Å²) in [5.74, 6) is 0. The zero-order valence-electron chi connectivity index (χ0n) is 11.3. The molecule has 1 N–H and O–H groups in total. The van der Waals surface area contributed by atoms with Gasteiger partial charge in [-0.15, -0.1) is 0 Å². The molecule has 2 nitrogen and oxygen atoms in total. The largest absolute Gasteiger partial charge is 0.379 e. The third-order valence-corrected chi connectivity index (χ3v) is 3.07. The zero-order valence-corrected chi connectivity index (χ0v) is 11.3. The van der Waals surface area contributed by atoms with E-state index in [0.717, 1.165) is 26.1 Å². The summed E-state index contributed by atoms with van der Waals surface area (Å²) in [6.07, 6.45) is 3.43. The molecule has 0 spiro atoms. The molecule has 0 aliphatic rings. The van der Waals surface area contributed by atoms with Crippen LogP contribution in [-0.4, -0.2) is 20.3 Å². The van der Waals surface area contributed by atoms with E-state index in [9.17, 15) is 0 Å². The number of benzene rings is 1. The molecule has 0 amide bonds. The van der Waals surface area contributed by atoms with Crippen LogP contribution in [0.5, 0.6) is 0 Å². The van der Waals surface area contributed by atoms with E-state index >= 15 is 0 Å². The Balaban J connectivity index is 2.47. The Bertz CT molecular complexity index is 294. The van der Waals surface area contributed by atoms with Gasteiger partial charge in [0.05, 0.1) is 12.6 Å². The monoisotopic (exact) mass is 235 g/mol. The minimum Gasteiger partial charge on any atom is -0.379 e. The van der Waals surface area contributed by atoms with Crippen molar-refractivity contribution < 1.29 is 4.74 Å². The molecule has 1 aromatic rings. The predicted octanol–water partition coefficient (Wildman–Crippen LogP) is 3.33. The fourth-order valence-electron chi connectivity index (χ4n) is 1.78. The van der Waals surface area contributed by atoms with Gasteiger partial charge in [-0.25, -0.2) is 0 Å². The van der Waals surface area contributed by atoms with Gasteiger partial charge in [0.25, 0.3) is 0 Å². The maximum atomic E-state index is 5.68. The molecule has 1 unspecified atom stereocenters. The fraction of sp³-hybridized carbons (Fsp3) is 0.600. The van der Waals surface area contributed by atoms with E-state index in [-0.39, 0.29) is 0 Å². The van der Waals surface area contributed by atoms with Gasteiger partial charge in [-0.1, -0.05) is 44.5 Å². The highest BCUT2D eigenvalue weighted by atomic mass is 16.5. The second-order valence-electron chi connectivity index (χ2n) is 4.36. The van der Waals surface area contributed by atoms with Gasteiger partial charge in [-0.2, -0.15) is 0 Å². The smallest absolute Gasteiger partial charge is 0.0661 e. The molecule has 0 saturated heterocycles. The van der Waals surface area contributed by atoms with Crippen LogP contribution in [0.25, 0.3) is 0 Å². The molecule has 0 aliphatic carbocycles. The number of nitrogens with one attached hydrogen (secondary N) is 1. The van der Waals surface area contributed by atoms with Gasteiger partial charge in [-0.3, -0.25) is 0 Å². The predicted molar refractivity (Wildman–Crippen MR) is 73.3 cm³/mol. The first-order chi connectivity index (χ1) is 8.31. The summed E-state index contributed by atoms with van der Waals surface area (Å²) in [7, 11) is 1.99. The van der Waals surface area contributed by atoms with Crippen LogP contribution in [0.3, 0.4) is 0 Å². The van der Waals surface area contributed by atoms with Crippen molar-refractivity contribution in [1.29, 1.82) is 0 Å². The summed E-state index contributed by atoms with van der Waals surface area (Å²) in [5.41, 5.74) is 2.69. The Hall–Kier alpha value is -0.860. The molecule has 96 valence electrons. The molecule has 0 radical (unpaired) electrons. The van der Waals surface area contributed by atoms with E-state index in [1.165, 1.54) is 17.5 Å². The maximum absolute atomic E-state index is 5.68. The SMILES string of the molecule is CCCCOCC(NC)c1ccc(CC)cc1. The number of aryl methyl sites for hydroxylation is 1. The van der Waals surface area contributed by atoms with Crippen molar-refractivity contribution in [1.82, 2.24) is 5.32 Å². The first-order valence-corrected chi connectivity index (χ1v) is 6.65. The number of ether oxygens (including phenoxy) is 1. The van der Waals surface area contributed by atoms with Gasteiger partial charge in [0, 0.05) is 6.61 Å². The first kappa shape index (κ1) is 14.2. The summed E-state index contributed by atoms with van der Waals surface area (Å²) in [5, 5.41) is 3.31. The lowest BCUT2D eigenvalue weighted by Gasteiger charge is -2.17. The van der Waals surface area contributed by atoms with E-state index in [1.54, 1.807) is 0 Å². The number of hydrogen-bond acceptors (Lipinski definition) is 2. The Labute approximate surface area is 105 Å². The molecular formula is C15H25NO. The molecule has 0 heterocycles. The standard InChI is InChI=1S/C15H25NO/c1-4-6-11-17-12-15(16-3)14-9-7-13(5-2)8-10-14/h7-10,15-16H,4-6,11-12H2,1-3H3. The Morgan fingerprint density at radius 3 is 2.41 bits per heavy atom. The van der Waals surface area contributed by atoms with Crippen molar-refractivity contribution in [2.75, 3.05) is 20.3 Å². The van der Waals surface area contributed by atoms with Gasteiger partial charge in [0.15, 0.2) is 0 Å². The maximum Gasteiger partial charge on any atom is 0.0661 e. The van der Waals surface area contributed by atoms with E-state index in [0.29, 0.717) is 6.04 Å². The molecule has 0 fully saturated rings. The molecule has 0 saturated carbocycles. The Kier molecular flexibility index (Phi) is 6.90. The van der Waals surface area contributed by atoms with E-state index in [2.05, 4.69) is 43.4 Å². The topological polar surface area (TPSA) is 21.3 Å². The van der Waals surface area contributed by atoms with E-state index in [1.807, 2.05) is 7.05 Å². The second-order valence-corrected chi connectivity index (χ2v) is 4.36. The fourth-order valence-corrected chi connectivity index (χ4v) is 1.78. The van der Waals surface area contributed by atoms with Crippen molar-refractivity contribution in [3.05, 3.63) is 35.4 Å². The third-order valence-electron chi connectivity index (χ3n) is 3.07. The van der Waals surface area contributed by atoms with Crippen molar-refractivity contribution in [3.63, 3.8) is 0 Å². The minimum atomic E-state index is 0.303. The lowest BCUT2D eigenvalue weighted by Crippen LogP contribution is -2.22. The van der Waals surface area contributed by atoms with Crippen LogP contribution in [0.4, 0.5) is 0 Å². The highest BCUT2D eigenvalue weighted by Crippen LogP contribution is 2.14. The van der Waals surface area contributed by atoms with Crippen LogP contribution in [-0.2, 0) is 11.2 Å². The molecule has 0 aromatic heterocycles. The number of likely N-dealkylation sites (N-methyl/N-ethyl adjacent to an activating group) is 1. The summed E-state index contributed by atoms with van der Waals surface area (Å²) in [6, 6.07) is 9.10. The van der Waals surface area contributed by atoms with Crippen LogP contribution in [0, 0.1) is 0 Å². The van der Waals surface area contributed by atoms with E-state index in [4.69, 9.17) is 4.74 Å². The Morgan fingerprint density at radius 1 is 1.18 bits per heavy atom. The van der Waals surface area contributed by atoms with Crippen LogP contribution in [0.15, 0.2) is 24.3 Å². The molecule has 0 bridgehead atoms. The average molecular weight is 235 g/mol. The zero-order chi connectivity index (χ0) is 12.5. The highest BCUT2D eigenvalue weighted by molar-refractivity contribution is 5.25. The van der Waals surface area contributed by atoms with Gasteiger partial charge >= 0.3 is 0 Å². The molecular weight excluding hydrogens is 210 g/mol. The summed E-state index contributed by atoms with van der Waals surface area (Å²) in [6.45, 7) is 5.98. The Morgan fingerprint density at radius 2 is 1.88 bits per heavy atom. The summed E-state index contributed by atoms with van der Waals surface area (Å²) >= 11 is 0. The average Bonchev–Trinajstić information content (AvgIpc) is 2.39. The normalized spacial score (nSPS) is 12.6. The summed E-state index contributed by atoms with van der Waals surface area (Å²) < 4.78 is 5.68. The van der Waals surface area contributed by atoms with Gasteiger partial charge < -0.3 is 10.1 Å². The van der Waals surface area contributed by atoms with Crippen molar-refractivity contribution in [2.45, 2.75) is 39.2 Å². The molecule has 17 heavy (non-hydrogen) atoms. The van der Waals surface area contributed by atoms with Crippen molar-refractivity contribution >= 4 is 0 Å². The lowest BCUT2D eigenvalue weighted by molar-refractivity contribution is 0.111. The second kappa shape index (κ2) is 8.26. The number of unbranched alkanes of at least 4 members (excludes halogenated alkanes) is 1. The van der Waals surface area contributed by atoms with Crippen LogP contribution < -0.4 is 5.32 Å². The quantitative estimate of drug-likeness (QED) is 0.698. The molecule has 1 rings (SSSR count). The summed E-state index contributed by atoms with van der Waals surface area (Å²) in [4.78, 5) is 0. The first-order valence-electron chi connectivity index (χ1n) is 6.65. The number of hydrogen-bond donors (Lipinski definition) is 1. The molecule has 1 aromatic carbocycles. The lowest BCUT2D eigenvalue weighted by atomic mass is 10.0. The van der Waals surface area contributed by atoms with Crippen LogP contribution in [0.2, 0.25) is 0 Å². The van der Waals surface area contributed by atoms with Crippen LogP contribution in [0.1, 0.15) is 43.9 Å². The van der Waals surface area contributed by atoms with Gasteiger partial charge in [-0.05, 0) is 31.0 Å². The van der Waals surface area contributed by atoms with Crippen LogP contribution >= 0.6 is 0 Å². The number of rotatable bonds is 8. The van der Waals surface area contributed by atoms with Crippen molar-refractivity contribution in [3.8, 4) is 0 Å². The van der Waals surface area contributed by atoms with Gasteiger partial charge in [0.1, 0.15) is 0 Å². The van der Waals surface area contributed by atoms with E-state index < -0.39 is 0 Å². The molecule has 1 atom stereocenters. The van der Waals surface area contributed by atoms with Gasteiger partial charge in [0.2, 0.25) is 0 Å². The molecule has 2 heteroatoms.